The second-order valence-electron chi connectivity index (χ2n) is 0. The van der Waals surface area contributed by atoms with Crippen LogP contribution in [0.4, 0.5) is 0 Å². The Morgan fingerprint density at radius 1 is 1.00 bits per heavy atom. The normalized spacial score (nSPS) is 0. The van der Waals surface area contributed by atoms with Gasteiger partial charge in [-0.25, -0.2) is 0 Å². The van der Waals surface area contributed by atoms with Crippen molar-refractivity contribution in [3.8, 4) is 0 Å². The summed E-state index contributed by atoms with van der Waals surface area (Å²) in [5.74, 6) is 0. The maximum absolute atomic E-state index is 0. The van der Waals surface area contributed by atoms with Crippen molar-refractivity contribution in [2.75, 3.05) is 0 Å². The fourth-order valence-corrected chi connectivity index (χ4v) is 0. The van der Waals surface area contributed by atoms with Gasteiger partial charge >= 0.3 is 71.5 Å². The van der Waals surface area contributed by atoms with Crippen LogP contribution in [0, 0.1) is 0 Å². The van der Waals surface area contributed by atoms with E-state index in [-0.39, 0.29) is 77.0 Å². The Hall–Kier alpha value is 2.30. The van der Waals surface area contributed by atoms with Gasteiger partial charge in [0, 0.05) is 0 Å². The first-order valence-electron chi connectivity index (χ1n) is 0. The molecular formula is FeOTiY+7. The van der Waals surface area contributed by atoms with E-state index in [0.717, 1.165) is 0 Å². The molecule has 0 N–H and O–H groups in total. The van der Waals surface area contributed by atoms with Gasteiger partial charge in [0.2, 0.25) is 0 Å². The van der Waals surface area contributed by atoms with Gasteiger partial charge in [-0.3, -0.25) is 0 Å². The van der Waals surface area contributed by atoms with Crippen LogP contribution in [0.3, 0.4) is 0 Å². The molecule has 0 atom stereocenters. The minimum Gasteiger partial charge on any atom is -2.00 e. The van der Waals surface area contributed by atoms with Gasteiger partial charge in [0.15, 0.2) is 0 Å². The summed E-state index contributed by atoms with van der Waals surface area (Å²) in [6.45, 7) is 0. The van der Waals surface area contributed by atoms with E-state index >= 15 is 0 Å². The van der Waals surface area contributed by atoms with E-state index in [2.05, 4.69) is 0 Å². The molecule has 0 saturated heterocycles. The van der Waals surface area contributed by atoms with Crippen LogP contribution < -0.4 is 0 Å². The van der Waals surface area contributed by atoms with Crippen molar-refractivity contribution in [2.24, 2.45) is 0 Å². The third-order valence-electron chi connectivity index (χ3n) is 0. The van der Waals surface area contributed by atoms with E-state index in [1.807, 2.05) is 0 Å². The number of hydrogen-bond donors (Lipinski definition) is 0. The van der Waals surface area contributed by atoms with Crippen molar-refractivity contribution >= 4 is 0 Å². The Kier molecular flexibility index (Phi) is 155. The summed E-state index contributed by atoms with van der Waals surface area (Å²) in [5.41, 5.74) is 0. The predicted octanol–water partition coefficient (Wildman–Crippen LogP) is -0.126. The van der Waals surface area contributed by atoms with Gasteiger partial charge in [-0.15, -0.1) is 0 Å². The average molecular weight is 209 g/mol. The SMILES string of the molecule is [Fe+2].[O-2].[Ti+4].[Y+3]. The standard InChI is InChI=1S/Fe.O.Ti.Y/q+2;-2;+4;+3. The van der Waals surface area contributed by atoms with E-state index in [0.29, 0.717) is 0 Å². The third kappa shape index (κ3) is 8.85. The van der Waals surface area contributed by atoms with Crippen molar-refractivity contribution in [3.05, 3.63) is 0 Å². The first-order chi connectivity index (χ1) is 0. The molecule has 0 unspecified atom stereocenters. The summed E-state index contributed by atoms with van der Waals surface area (Å²) in [4.78, 5) is 0. The second-order valence-corrected chi connectivity index (χ2v) is 0. The van der Waals surface area contributed by atoms with E-state index < -0.39 is 0 Å². The second kappa shape index (κ2) is 18.5. The molecule has 0 amide bonds. The van der Waals surface area contributed by atoms with Crippen LogP contribution in [0.15, 0.2) is 0 Å². The van der Waals surface area contributed by atoms with Gasteiger partial charge in [0.25, 0.3) is 0 Å². The van der Waals surface area contributed by atoms with Gasteiger partial charge in [-0.05, 0) is 0 Å². The van der Waals surface area contributed by atoms with E-state index in [1.165, 1.54) is 0 Å². The van der Waals surface area contributed by atoms with Crippen molar-refractivity contribution in [1.82, 2.24) is 0 Å². The minimum absolute atomic E-state index is 0. The molecule has 0 aliphatic rings. The number of rotatable bonds is 0. The van der Waals surface area contributed by atoms with Gasteiger partial charge in [0.1, 0.15) is 0 Å². The molecule has 0 spiro atoms. The zero-order valence-corrected chi connectivity index (χ0v) is 7.34. The van der Waals surface area contributed by atoms with Crippen molar-refractivity contribution in [3.63, 3.8) is 0 Å². The molecule has 0 saturated carbocycles. The topological polar surface area (TPSA) is 28.5 Å². The molecule has 4 heteroatoms. The largest absolute Gasteiger partial charge is 4.00 e. The van der Waals surface area contributed by atoms with Gasteiger partial charge in [0.05, 0.1) is 0 Å². The molecule has 4 heavy (non-hydrogen) atoms. The van der Waals surface area contributed by atoms with Gasteiger partial charge in [-0.1, -0.05) is 0 Å². The Labute approximate surface area is 75.8 Å². The van der Waals surface area contributed by atoms with Crippen molar-refractivity contribution in [1.29, 1.82) is 0 Å². The smallest absolute Gasteiger partial charge is 2.00 e. The molecule has 1 nitrogen and oxygen atoms in total. The molecule has 14 valence electrons. The van der Waals surface area contributed by atoms with Crippen molar-refractivity contribution < 1.29 is 77.0 Å². The maximum Gasteiger partial charge on any atom is 4.00 e. The molecular weight excluding hydrogens is 209 g/mol. The monoisotopic (exact) mass is 209 g/mol. The Morgan fingerprint density at radius 2 is 1.00 bits per heavy atom. The molecule has 0 aromatic heterocycles. The molecule has 0 rings (SSSR count). The summed E-state index contributed by atoms with van der Waals surface area (Å²) in [7, 11) is 0. The summed E-state index contributed by atoms with van der Waals surface area (Å²) in [6.07, 6.45) is 0. The zero-order valence-electron chi connectivity index (χ0n) is 1.84. The quantitative estimate of drug-likeness (QED) is 0.497. The van der Waals surface area contributed by atoms with Crippen LogP contribution in [0.2, 0.25) is 0 Å². The Balaban J connectivity index is 0. The molecule has 0 aromatic rings. The average Bonchev–Trinajstić information content (AvgIpc) is 0. The van der Waals surface area contributed by atoms with Gasteiger partial charge in [-0.2, -0.15) is 0 Å². The molecule has 0 radical (unpaired) electrons. The van der Waals surface area contributed by atoms with Crippen LogP contribution in [0.1, 0.15) is 0 Å². The summed E-state index contributed by atoms with van der Waals surface area (Å²) < 4.78 is 0. The first-order valence-corrected chi connectivity index (χ1v) is 0. The molecule has 0 bridgehead atoms. The minimum atomic E-state index is 0. The van der Waals surface area contributed by atoms with Crippen LogP contribution in [-0.2, 0) is 77.0 Å². The molecule has 0 aliphatic carbocycles. The van der Waals surface area contributed by atoms with Gasteiger partial charge < -0.3 is 5.48 Å². The Morgan fingerprint density at radius 3 is 1.00 bits per heavy atom. The first kappa shape index (κ1) is 33.5. The van der Waals surface area contributed by atoms with Crippen LogP contribution in [0.5, 0.6) is 0 Å². The summed E-state index contributed by atoms with van der Waals surface area (Å²) in [5, 5.41) is 0. The van der Waals surface area contributed by atoms with Crippen LogP contribution >= 0.6 is 0 Å². The van der Waals surface area contributed by atoms with Crippen LogP contribution in [0.25, 0.3) is 0 Å². The fourth-order valence-electron chi connectivity index (χ4n) is 0. The van der Waals surface area contributed by atoms with Crippen molar-refractivity contribution in [2.45, 2.75) is 0 Å². The Bertz CT molecular complexity index is 8.00. The number of hydrogen-bond acceptors (Lipinski definition) is 0. The molecule has 0 fully saturated rings. The molecule has 0 aromatic carbocycles. The maximum atomic E-state index is 0. The molecule has 0 heterocycles. The summed E-state index contributed by atoms with van der Waals surface area (Å²) >= 11 is 0. The molecule has 0 aliphatic heterocycles. The van der Waals surface area contributed by atoms with Crippen LogP contribution in [-0.4, -0.2) is 0 Å². The third-order valence-corrected chi connectivity index (χ3v) is 0. The van der Waals surface area contributed by atoms with E-state index in [9.17, 15) is 0 Å². The van der Waals surface area contributed by atoms with E-state index in [4.69, 9.17) is 0 Å². The summed E-state index contributed by atoms with van der Waals surface area (Å²) in [6, 6.07) is 0. The fraction of sp³-hybridized carbons (Fsp3) is 0. The zero-order chi connectivity index (χ0) is 0. The predicted molar refractivity (Wildman–Crippen MR) is 0.686 cm³/mol. The van der Waals surface area contributed by atoms with E-state index in [1.54, 1.807) is 0 Å².